The number of hydrogen-bond donors (Lipinski definition) is 1. The molecular formula is C16H22ClNO3. The van der Waals surface area contributed by atoms with Gasteiger partial charge in [0.25, 0.3) is 0 Å². The van der Waals surface area contributed by atoms with Crippen LogP contribution in [0.1, 0.15) is 43.7 Å². The first-order valence-corrected chi connectivity index (χ1v) is 7.88. The molecule has 0 fully saturated rings. The maximum absolute atomic E-state index is 12.1. The first kappa shape index (κ1) is 16.0. The summed E-state index contributed by atoms with van der Waals surface area (Å²) in [5.41, 5.74) is 1.77. The van der Waals surface area contributed by atoms with Gasteiger partial charge in [-0.3, -0.25) is 4.79 Å². The highest BCUT2D eigenvalue weighted by Gasteiger charge is 2.27. The molecular weight excluding hydrogens is 290 g/mol. The van der Waals surface area contributed by atoms with Gasteiger partial charge in [0, 0.05) is 24.1 Å². The summed E-state index contributed by atoms with van der Waals surface area (Å²) in [5, 5.41) is 2.03. The van der Waals surface area contributed by atoms with Gasteiger partial charge in [-0.2, -0.15) is 0 Å². The third-order valence-electron chi connectivity index (χ3n) is 3.38. The summed E-state index contributed by atoms with van der Waals surface area (Å²) in [6, 6.07) is 3.78. The SMILES string of the molecule is CCCNC(=O)C(Cl)c1cc2c(cc1OCC)CC(C)O2. The molecule has 0 radical (unpaired) electrons. The number of halogens is 1. The summed E-state index contributed by atoms with van der Waals surface area (Å²) in [6.07, 6.45) is 1.87. The first-order chi connectivity index (χ1) is 10.1. The molecule has 116 valence electrons. The highest BCUT2D eigenvalue weighted by Crippen LogP contribution is 2.39. The largest absolute Gasteiger partial charge is 0.494 e. The Labute approximate surface area is 130 Å². The van der Waals surface area contributed by atoms with E-state index >= 15 is 0 Å². The van der Waals surface area contributed by atoms with Gasteiger partial charge in [0.05, 0.1) is 6.61 Å². The molecule has 4 nitrogen and oxygen atoms in total. The van der Waals surface area contributed by atoms with Crippen LogP contribution in [-0.2, 0) is 11.2 Å². The van der Waals surface area contributed by atoms with Crippen LogP contribution in [0.4, 0.5) is 0 Å². The van der Waals surface area contributed by atoms with Crippen molar-refractivity contribution < 1.29 is 14.3 Å². The quantitative estimate of drug-likeness (QED) is 0.821. The highest BCUT2D eigenvalue weighted by molar-refractivity contribution is 6.31. The fraction of sp³-hybridized carbons (Fsp3) is 0.562. The number of benzene rings is 1. The van der Waals surface area contributed by atoms with E-state index < -0.39 is 5.38 Å². The number of fused-ring (bicyclic) bond motifs is 1. The molecule has 1 aromatic rings. The van der Waals surface area contributed by atoms with Crippen LogP contribution in [0.3, 0.4) is 0 Å². The molecule has 0 spiro atoms. The molecule has 0 bridgehead atoms. The number of amides is 1. The number of carbonyl (C=O) groups is 1. The normalized spacial score (nSPS) is 17.8. The summed E-state index contributed by atoms with van der Waals surface area (Å²) in [5.74, 6) is 1.26. The van der Waals surface area contributed by atoms with Gasteiger partial charge in [-0.1, -0.05) is 6.92 Å². The van der Waals surface area contributed by atoms with E-state index in [1.807, 2.05) is 32.9 Å². The fourth-order valence-electron chi connectivity index (χ4n) is 2.41. The van der Waals surface area contributed by atoms with Gasteiger partial charge in [0.2, 0.25) is 5.91 Å². The van der Waals surface area contributed by atoms with Crippen molar-refractivity contribution in [3.63, 3.8) is 0 Å². The number of hydrogen-bond acceptors (Lipinski definition) is 3. The van der Waals surface area contributed by atoms with E-state index in [0.717, 1.165) is 24.2 Å². The Hall–Kier alpha value is -1.42. The predicted octanol–water partition coefficient (Wildman–Crippen LogP) is 3.21. The van der Waals surface area contributed by atoms with Gasteiger partial charge in [-0.05, 0) is 32.4 Å². The maximum atomic E-state index is 12.1. The highest BCUT2D eigenvalue weighted by atomic mass is 35.5. The fourth-order valence-corrected chi connectivity index (χ4v) is 2.66. The second-order valence-electron chi connectivity index (χ2n) is 5.22. The monoisotopic (exact) mass is 311 g/mol. The topological polar surface area (TPSA) is 47.6 Å². The number of ether oxygens (including phenoxy) is 2. The Morgan fingerprint density at radius 2 is 2.29 bits per heavy atom. The zero-order chi connectivity index (χ0) is 15.4. The van der Waals surface area contributed by atoms with Gasteiger partial charge in [0.15, 0.2) is 0 Å². The van der Waals surface area contributed by atoms with Gasteiger partial charge in [0.1, 0.15) is 23.0 Å². The Morgan fingerprint density at radius 3 is 2.95 bits per heavy atom. The van der Waals surface area contributed by atoms with Crippen molar-refractivity contribution in [1.82, 2.24) is 5.32 Å². The minimum atomic E-state index is -0.775. The van der Waals surface area contributed by atoms with Crippen LogP contribution in [0.15, 0.2) is 12.1 Å². The zero-order valence-electron chi connectivity index (χ0n) is 12.7. The minimum Gasteiger partial charge on any atom is -0.494 e. The lowest BCUT2D eigenvalue weighted by Gasteiger charge is -2.16. The second-order valence-corrected chi connectivity index (χ2v) is 5.65. The van der Waals surface area contributed by atoms with E-state index in [1.54, 1.807) is 0 Å². The summed E-state index contributed by atoms with van der Waals surface area (Å²) >= 11 is 6.32. The first-order valence-electron chi connectivity index (χ1n) is 7.44. The molecule has 0 aliphatic carbocycles. The number of alkyl halides is 1. The lowest BCUT2D eigenvalue weighted by atomic mass is 10.0. The average molecular weight is 312 g/mol. The Balaban J connectivity index is 2.28. The summed E-state index contributed by atoms with van der Waals surface area (Å²) in [7, 11) is 0. The van der Waals surface area contributed by atoms with E-state index in [2.05, 4.69) is 5.32 Å². The van der Waals surface area contributed by atoms with Crippen LogP contribution in [0.25, 0.3) is 0 Å². The van der Waals surface area contributed by atoms with Crippen molar-refractivity contribution in [2.24, 2.45) is 0 Å². The summed E-state index contributed by atoms with van der Waals surface area (Å²) in [4.78, 5) is 12.1. The third kappa shape index (κ3) is 3.62. The van der Waals surface area contributed by atoms with Crippen molar-refractivity contribution >= 4 is 17.5 Å². The molecule has 1 amide bonds. The van der Waals surface area contributed by atoms with Gasteiger partial charge in [-0.25, -0.2) is 0 Å². The molecule has 5 heteroatoms. The molecule has 2 atom stereocenters. The van der Waals surface area contributed by atoms with E-state index in [-0.39, 0.29) is 12.0 Å². The maximum Gasteiger partial charge on any atom is 0.242 e. The van der Waals surface area contributed by atoms with E-state index in [4.69, 9.17) is 21.1 Å². The van der Waals surface area contributed by atoms with Crippen molar-refractivity contribution in [1.29, 1.82) is 0 Å². The molecule has 1 N–H and O–H groups in total. The van der Waals surface area contributed by atoms with Crippen LogP contribution in [0, 0.1) is 0 Å². The van der Waals surface area contributed by atoms with Crippen molar-refractivity contribution in [2.45, 2.75) is 45.1 Å². The Bertz CT molecular complexity index is 518. The lowest BCUT2D eigenvalue weighted by molar-refractivity contribution is -0.120. The number of carbonyl (C=O) groups excluding carboxylic acids is 1. The zero-order valence-corrected chi connectivity index (χ0v) is 13.5. The standard InChI is InChI=1S/C16H22ClNO3/c1-4-6-18-16(19)15(17)12-9-13-11(7-10(3)21-13)8-14(12)20-5-2/h8-10,15H,4-7H2,1-3H3,(H,18,19). The van der Waals surface area contributed by atoms with Crippen LogP contribution in [0.5, 0.6) is 11.5 Å². The molecule has 1 aliphatic heterocycles. The van der Waals surface area contributed by atoms with E-state index in [9.17, 15) is 4.79 Å². The molecule has 2 unspecified atom stereocenters. The van der Waals surface area contributed by atoms with E-state index in [0.29, 0.717) is 24.5 Å². The minimum absolute atomic E-state index is 0.146. The van der Waals surface area contributed by atoms with Crippen molar-refractivity contribution in [2.75, 3.05) is 13.2 Å². The molecule has 1 aliphatic rings. The van der Waals surface area contributed by atoms with Crippen LogP contribution in [0.2, 0.25) is 0 Å². The van der Waals surface area contributed by atoms with E-state index in [1.165, 1.54) is 0 Å². The summed E-state index contributed by atoms with van der Waals surface area (Å²) < 4.78 is 11.4. The third-order valence-corrected chi connectivity index (χ3v) is 3.81. The summed E-state index contributed by atoms with van der Waals surface area (Å²) in [6.45, 7) is 7.08. The van der Waals surface area contributed by atoms with Crippen molar-refractivity contribution in [3.05, 3.63) is 23.3 Å². The van der Waals surface area contributed by atoms with Gasteiger partial charge < -0.3 is 14.8 Å². The molecule has 1 heterocycles. The molecule has 0 aromatic heterocycles. The van der Waals surface area contributed by atoms with Gasteiger partial charge >= 0.3 is 0 Å². The van der Waals surface area contributed by atoms with Gasteiger partial charge in [-0.15, -0.1) is 11.6 Å². The predicted molar refractivity (Wildman–Crippen MR) is 83.3 cm³/mol. The van der Waals surface area contributed by atoms with Crippen LogP contribution >= 0.6 is 11.6 Å². The number of rotatable bonds is 6. The molecule has 1 aromatic carbocycles. The average Bonchev–Trinajstić information content (AvgIpc) is 2.82. The molecule has 0 saturated carbocycles. The molecule has 2 rings (SSSR count). The smallest absolute Gasteiger partial charge is 0.242 e. The second kappa shape index (κ2) is 7.03. The van der Waals surface area contributed by atoms with Crippen LogP contribution in [-0.4, -0.2) is 25.2 Å². The number of nitrogens with one attached hydrogen (secondary N) is 1. The molecule has 21 heavy (non-hydrogen) atoms. The van der Waals surface area contributed by atoms with Crippen molar-refractivity contribution in [3.8, 4) is 11.5 Å². The van der Waals surface area contributed by atoms with Crippen LogP contribution < -0.4 is 14.8 Å². The molecule has 0 saturated heterocycles. The lowest BCUT2D eigenvalue weighted by Crippen LogP contribution is -2.27. The Morgan fingerprint density at radius 1 is 1.52 bits per heavy atom. The Kier molecular flexibility index (Phi) is 5.34.